The summed E-state index contributed by atoms with van der Waals surface area (Å²) in [6.45, 7) is 0. The second-order valence-electron chi connectivity index (χ2n) is 5.04. The lowest BCUT2D eigenvalue weighted by Crippen LogP contribution is -2.39. The summed E-state index contributed by atoms with van der Waals surface area (Å²) in [5, 5.41) is 7.44. The number of hydrogen-bond acceptors (Lipinski definition) is 5. The Balaban J connectivity index is 1.70. The van der Waals surface area contributed by atoms with Gasteiger partial charge in [0.25, 0.3) is 5.89 Å². The molecule has 1 saturated carbocycles. The van der Waals surface area contributed by atoms with Crippen LogP contribution in [0.2, 0.25) is 0 Å². The molecular weight excluding hydrogens is 240 g/mol. The molecule has 1 aliphatic rings. The van der Waals surface area contributed by atoms with E-state index in [0.29, 0.717) is 11.9 Å². The zero-order valence-electron chi connectivity index (χ0n) is 11.0. The zero-order valence-corrected chi connectivity index (χ0v) is 11.0. The topological polar surface area (TPSA) is 63.8 Å². The molecule has 1 N–H and O–H groups in total. The number of nitrogens with one attached hydrogen (secondary N) is 1. The molecular formula is C14H18N4O. The number of pyridine rings is 1. The average Bonchev–Trinajstić information content (AvgIpc) is 2.85. The summed E-state index contributed by atoms with van der Waals surface area (Å²) in [6, 6.07) is 4.20. The van der Waals surface area contributed by atoms with Crippen molar-refractivity contribution in [2.24, 2.45) is 5.92 Å². The van der Waals surface area contributed by atoms with Crippen molar-refractivity contribution in [3.05, 3.63) is 30.4 Å². The number of likely N-dealkylation sites (N-methyl/N-ethyl adjacent to an activating group) is 1. The minimum Gasteiger partial charge on any atom is -0.334 e. The van der Waals surface area contributed by atoms with E-state index in [1.165, 1.54) is 19.3 Å². The monoisotopic (exact) mass is 258 g/mol. The molecule has 1 fully saturated rings. The summed E-state index contributed by atoms with van der Waals surface area (Å²) < 4.78 is 5.31. The number of rotatable bonds is 5. The summed E-state index contributed by atoms with van der Waals surface area (Å²) >= 11 is 0. The van der Waals surface area contributed by atoms with Gasteiger partial charge in [-0.1, -0.05) is 11.6 Å². The molecule has 2 aromatic heterocycles. The summed E-state index contributed by atoms with van der Waals surface area (Å²) in [6.07, 6.45) is 8.24. The number of nitrogens with zero attached hydrogens (tertiary/aromatic N) is 3. The molecule has 5 nitrogen and oxygen atoms in total. The first-order valence-corrected chi connectivity index (χ1v) is 6.77. The summed E-state index contributed by atoms with van der Waals surface area (Å²) in [4.78, 5) is 8.44. The molecule has 0 amide bonds. The second kappa shape index (κ2) is 5.48. The van der Waals surface area contributed by atoms with Crippen molar-refractivity contribution in [2.45, 2.75) is 31.7 Å². The van der Waals surface area contributed by atoms with Crippen LogP contribution in [0, 0.1) is 5.92 Å². The van der Waals surface area contributed by atoms with Crippen LogP contribution in [0.25, 0.3) is 11.5 Å². The van der Waals surface area contributed by atoms with E-state index in [-0.39, 0.29) is 0 Å². The quantitative estimate of drug-likeness (QED) is 0.889. The van der Waals surface area contributed by atoms with Crippen molar-refractivity contribution in [3.8, 4) is 11.5 Å². The second-order valence-corrected chi connectivity index (χ2v) is 5.04. The van der Waals surface area contributed by atoms with E-state index < -0.39 is 0 Å². The van der Waals surface area contributed by atoms with Crippen LogP contribution in [0.5, 0.6) is 0 Å². The molecule has 1 unspecified atom stereocenters. The normalized spacial score (nSPS) is 17.1. The van der Waals surface area contributed by atoms with Gasteiger partial charge in [0, 0.05) is 30.4 Å². The smallest absolute Gasteiger partial charge is 0.258 e. The predicted molar refractivity (Wildman–Crippen MR) is 71.4 cm³/mol. The highest BCUT2D eigenvalue weighted by Crippen LogP contribution is 2.30. The Morgan fingerprint density at radius 1 is 1.37 bits per heavy atom. The Hall–Kier alpha value is -1.75. The molecule has 0 radical (unpaired) electrons. The molecule has 0 aromatic carbocycles. The number of aromatic nitrogens is 3. The van der Waals surface area contributed by atoms with E-state index in [2.05, 4.69) is 20.4 Å². The standard InChI is InChI=1S/C14H18N4O/c1-15-12(10-3-2-4-10)9-13-17-14(19-18-13)11-5-7-16-8-6-11/h5-8,10,12,15H,2-4,9H2,1H3. The fourth-order valence-electron chi connectivity index (χ4n) is 2.49. The minimum atomic E-state index is 0.455. The van der Waals surface area contributed by atoms with Crippen molar-refractivity contribution in [1.29, 1.82) is 0 Å². The first kappa shape index (κ1) is 12.3. The molecule has 3 rings (SSSR count). The van der Waals surface area contributed by atoms with Crippen molar-refractivity contribution in [2.75, 3.05) is 7.05 Å². The van der Waals surface area contributed by atoms with Gasteiger partial charge in [-0.3, -0.25) is 4.98 Å². The van der Waals surface area contributed by atoms with Crippen LogP contribution in [0.4, 0.5) is 0 Å². The average molecular weight is 258 g/mol. The maximum absolute atomic E-state index is 5.31. The van der Waals surface area contributed by atoms with Crippen LogP contribution in [0.15, 0.2) is 29.0 Å². The highest BCUT2D eigenvalue weighted by Gasteiger charge is 2.27. The highest BCUT2D eigenvalue weighted by atomic mass is 16.5. The van der Waals surface area contributed by atoms with Gasteiger partial charge < -0.3 is 9.84 Å². The molecule has 100 valence electrons. The SMILES string of the molecule is CNC(Cc1noc(-c2ccncc2)n1)C1CCC1. The molecule has 0 bridgehead atoms. The van der Waals surface area contributed by atoms with Gasteiger partial charge in [0.15, 0.2) is 5.82 Å². The third-order valence-electron chi connectivity index (χ3n) is 3.89. The van der Waals surface area contributed by atoms with Gasteiger partial charge in [-0.05, 0) is 37.9 Å². The predicted octanol–water partition coefficient (Wildman–Crippen LogP) is 2.06. The molecule has 19 heavy (non-hydrogen) atoms. The van der Waals surface area contributed by atoms with Crippen molar-refractivity contribution >= 4 is 0 Å². The molecule has 1 aliphatic carbocycles. The molecule has 2 heterocycles. The van der Waals surface area contributed by atoms with Gasteiger partial charge in [-0.15, -0.1) is 0 Å². The van der Waals surface area contributed by atoms with E-state index in [1.54, 1.807) is 12.4 Å². The van der Waals surface area contributed by atoms with Crippen molar-refractivity contribution in [3.63, 3.8) is 0 Å². The van der Waals surface area contributed by atoms with Crippen LogP contribution >= 0.6 is 0 Å². The molecule has 2 aromatic rings. The molecule has 1 atom stereocenters. The van der Waals surface area contributed by atoms with Crippen LogP contribution in [0.3, 0.4) is 0 Å². The van der Waals surface area contributed by atoms with Gasteiger partial charge in [0.1, 0.15) is 0 Å². The van der Waals surface area contributed by atoms with Gasteiger partial charge in [0.05, 0.1) is 0 Å². The van der Waals surface area contributed by atoms with Gasteiger partial charge >= 0.3 is 0 Å². The Labute approximate surface area is 112 Å². The summed E-state index contributed by atoms with van der Waals surface area (Å²) in [7, 11) is 2.01. The largest absolute Gasteiger partial charge is 0.334 e. The summed E-state index contributed by atoms with van der Waals surface area (Å²) in [5.41, 5.74) is 0.915. The third kappa shape index (κ3) is 2.66. The Kier molecular flexibility index (Phi) is 3.55. The van der Waals surface area contributed by atoms with Crippen LogP contribution in [-0.4, -0.2) is 28.2 Å². The zero-order chi connectivity index (χ0) is 13.1. The third-order valence-corrected chi connectivity index (χ3v) is 3.89. The lowest BCUT2D eigenvalue weighted by atomic mass is 9.78. The minimum absolute atomic E-state index is 0.455. The van der Waals surface area contributed by atoms with Gasteiger partial charge in [-0.2, -0.15) is 4.98 Å². The summed E-state index contributed by atoms with van der Waals surface area (Å²) in [5.74, 6) is 2.10. The van der Waals surface area contributed by atoms with Crippen LogP contribution < -0.4 is 5.32 Å². The highest BCUT2D eigenvalue weighted by molar-refractivity contribution is 5.50. The van der Waals surface area contributed by atoms with Crippen molar-refractivity contribution < 1.29 is 4.52 Å². The van der Waals surface area contributed by atoms with Crippen LogP contribution in [-0.2, 0) is 6.42 Å². The Bertz CT molecular complexity index is 521. The van der Waals surface area contributed by atoms with Gasteiger partial charge in [-0.25, -0.2) is 0 Å². The fourth-order valence-corrected chi connectivity index (χ4v) is 2.49. The van der Waals surface area contributed by atoms with E-state index in [0.717, 1.165) is 23.7 Å². The van der Waals surface area contributed by atoms with E-state index in [4.69, 9.17) is 4.52 Å². The Morgan fingerprint density at radius 2 is 2.16 bits per heavy atom. The molecule has 0 spiro atoms. The molecule has 0 aliphatic heterocycles. The van der Waals surface area contributed by atoms with Crippen molar-refractivity contribution in [1.82, 2.24) is 20.4 Å². The number of hydrogen-bond donors (Lipinski definition) is 1. The lowest BCUT2D eigenvalue weighted by Gasteiger charge is -2.32. The maximum atomic E-state index is 5.31. The maximum Gasteiger partial charge on any atom is 0.258 e. The van der Waals surface area contributed by atoms with Crippen LogP contribution in [0.1, 0.15) is 25.1 Å². The first-order chi connectivity index (χ1) is 9.36. The van der Waals surface area contributed by atoms with E-state index in [1.807, 2.05) is 19.2 Å². The first-order valence-electron chi connectivity index (χ1n) is 6.77. The van der Waals surface area contributed by atoms with Gasteiger partial charge in [0.2, 0.25) is 0 Å². The van der Waals surface area contributed by atoms with E-state index in [9.17, 15) is 0 Å². The fraction of sp³-hybridized carbons (Fsp3) is 0.500. The lowest BCUT2D eigenvalue weighted by molar-refractivity contribution is 0.232. The Morgan fingerprint density at radius 3 is 2.79 bits per heavy atom. The molecule has 5 heteroatoms. The molecule has 0 saturated heterocycles. The van der Waals surface area contributed by atoms with E-state index >= 15 is 0 Å².